The predicted octanol–water partition coefficient (Wildman–Crippen LogP) is 2.60. The lowest BCUT2D eigenvalue weighted by Gasteiger charge is -2.09. The molecule has 0 unspecified atom stereocenters. The van der Waals surface area contributed by atoms with Gasteiger partial charge in [-0.05, 0) is 43.2 Å². The summed E-state index contributed by atoms with van der Waals surface area (Å²) in [4.78, 5) is 0. The summed E-state index contributed by atoms with van der Waals surface area (Å²) >= 11 is 0. The molecule has 0 saturated heterocycles. The smallest absolute Gasteiger partial charge is 0.154 e. The predicted molar refractivity (Wildman–Crippen MR) is 76.4 cm³/mol. The van der Waals surface area contributed by atoms with E-state index in [1.54, 1.807) is 10.9 Å². The van der Waals surface area contributed by atoms with Gasteiger partial charge in [0.1, 0.15) is 11.4 Å². The van der Waals surface area contributed by atoms with Crippen molar-refractivity contribution in [1.29, 1.82) is 0 Å². The highest BCUT2D eigenvalue weighted by Gasteiger charge is 2.18. The van der Waals surface area contributed by atoms with Gasteiger partial charge in [-0.2, -0.15) is 0 Å². The second-order valence-electron chi connectivity index (χ2n) is 4.77. The van der Waals surface area contributed by atoms with Crippen molar-refractivity contribution in [3.8, 4) is 17.1 Å². The Morgan fingerprint density at radius 3 is 2.80 bits per heavy atom. The molecule has 5 heteroatoms. The fourth-order valence-corrected chi connectivity index (χ4v) is 2.23. The first kappa shape index (κ1) is 12.6. The fraction of sp³-hybridized carbons (Fsp3) is 0.200. The molecule has 3 aromatic rings. The van der Waals surface area contributed by atoms with Crippen LogP contribution in [0.5, 0.6) is 0 Å². The topological polar surface area (TPSA) is 69.9 Å². The maximum Gasteiger partial charge on any atom is 0.154 e. The third-order valence-corrected chi connectivity index (χ3v) is 3.28. The number of nitrogens with zero attached hydrogens (tertiary/aromatic N) is 3. The number of rotatable bonds is 3. The molecule has 0 bridgehead atoms. The van der Waals surface area contributed by atoms with Gasteiger partial charge in [0.05, 0.1) is 12.0 Å². The molecule has 2 aromatic heterocycles. The van der Waals surface area contributed by atoms with Crippen LogP contribution in [0.3, 0.4) is 0 Å². The first-order valence-electron chi connectivity index (χ1n) is 6.47. The number of benzene rings is 1. The Balaban J connectivity index is 2.25. The van der Waals surface area contributed by atoms with Crippen LogP contribution in [0.2, 0.25) is 0 Å². The number of hydrogen-bond acceptors (Lipinski definition) is 4. The Bertz CT molecular complexity index is 728. The molecule has 0 fully saturated rings. The quantitative estimate of drug-likeness (QED) is 0.792. The van der Waals surface area contributed by atoms with Crippen LogP contribution in [-0.2, 0) is 6.54 Å². The summed E-state index contributed by atoms with van der Waals surface area (Å²) in [6, 6.07) is 9.96. The van der Waals surface area contributed by atoms with Gasteiger partial charge < -0.3 is 10.2 Å². The van der Waals surface area contributed by atoms with Gasteiger partial charge in [-0.1, -0.05) is 17.3 Å². The zero-order chi connectivity index (χ0) is 14.1. The van der Waals surface area contributed by atoms with Crippen LogP contribution < -0.4 is 5.73 Å². The van der Waals surface area contributed by atoms with Crippen molar-refractivity contribution in [2.24, 2.45) is 5.73 Å². The molecule has 0 radical (unpaired) electrons. The summed E-state index contributed by atoms with van der Waals surface area (Å²) in [6.07, 6.45) is 1.63. The molecule has 0 aliphatic heterocycles. The molecule has 3 rings (SSSR count). The maximum atomic E-state index is 5.76. The summed E-state index contributed by atoms with van der Waals surface area (Å²) in [5.74, 6) is 0.719. The average Bonchev–Trinajstić information content (AvgIpc) is 3.08. The summed E-state index contributed by atoms with van der Waals surface area (Å²) in [7, 11) is 0. The Kier molecular flexibility index (Phi) is 3.12. The van der Waals surface area contributed by atoms with Gasteiger partial charge >= 0.3 is 0 Å². The summed E-state index contributed by atoms with van der Waals surface area (Å²) in [5, 5.41) is 8.41. The first-order valence-corrected chi connectivity index (χ1v) is 6.47. The molecule has 0 spiro atoms. The van der Waals surface area contributed by atoms with Crippen molar-refractivity contribution >= 4 is 0 Å². The molecule has 2 heterocycles. The first-order chi connectivity index (χ1) is 9.70. The van der Waals surface area contributed by atoms with E-state index in [1.165, 1.54) is 5.56 Å². The summed E-state index contributed by atoms with van der Waals surface area (Å²) in [5.41, 5.74) is 10.6. The molecule has 0 amide bonds. The van der Waals surface area contributed by atoms with Crippen LogP contribution in [-0.4, -0.2) is 15.0 Å². The minimum absolute atomic E-state index is 0.320. The van der Waals surface area contributed by atoms with Crippen molar-refractivity contribution in [3.63, 3.8) is 0 Å². The van der Waals surface area contributed by atoms with Crippen molar-refractivity contribution in [2.45, 2.75) is 20.4 Å². The van der Waals surface area contributed by atoms with Crippen molar-refractivity contribution in [1.82, 2.24) is 15.0 Å². The molecule has 0 saturated carbocycles. The lowest BCUT2D eigenvalue weighted by Crippen LogP contribution is -2.04. The van der Waals surface area contributed by atoms with E-state index in [1.807, 2.05) is 19.1 Å². The van der Waals surface area contributed by atoms with Gasteiger partial charge in [-0.25, -0.2) is 4.68 Å². The molecule has 20 heavy (non-hydrogen) atoms. The monoisotopic (exact) mass is 268 g/mol. The van der Waals surface area contributed by atoms with Crippen LogP contribution in [0.15, 0.2) is 41.0 Å². The zero-order valence-electron chi connectivity index (χ0n) is 11.5. The lowest BCUT2D eigenvalue weighted by molar-refractivity contribution is 0.576. The fourth-order valence-electron chi connectivity index (χ4n) is 2.23. The second kappa shape index (κ2) is 4.94. The standard InChI is InChI=1S/C15H16N4O/c1-10-5-6-11(2)13(8-10)19-15(12(9-16)17-18-19)14-4-3-7-20-14/h3-8H,9,16H2,1-2H3. The van der Waals surface area contributed by atoms with E-state index in [2.05, 4.69) is 35.4 Å². The van der Waals surface area contributed by atoms with Crippen LogP contribution in [0, 0.1) is 13.8 Å². The van der Waals surface area contributed by atoms with Crippen LogP contribution in [0.4, 0.5) is 0 Å². The van der Waals surface area contributed by atoms with Crippen molar-refractivity contribution in [2.75, 3.05) is 0 Å². The van der Waals surface area contributed by atoms with Crippen LogP contribution >= 0.6 is 0 Å². The van der Waals surface area contributed by atoms with Crippen LogP contribution in [0.25, 0.3) is 17.1 Å². The van der Waals surface area contributed by atoms with Gasteiger partial charge in [0, 0.05) is 6.54 Å². The maximum absolute atomic E-state index is 5.76. The Morgan fingerprint density at radius 1 is 1.25 bits per heavy atom. The summed E-state index contributed by atoms with van der Waals surface area (Å²) < 4.78 is 7.29. The largest absolute Gasteiger partial charge is 0.463 e. The Labute approximate surface area is 117 Å². The molecular formula is C15H16N4O. The highest BCUT2D eigenvalue weighted by atomic mass is 16.3. The molecule has 1 aromatic carbocycles. The number of nitrogens with two attached hydrogens (primary N) is 1. The number of furan rings is 1. The molecule has 0 atom stereocenters. The van der Waals surface area contributed by atoms with E-state index in [4.69, 9.17) is 10.2 Å². The molecular weight excluding hydrogens is 252 g/mol. The SMILES string of the molecule is Cc1ccc(C)c(-n2nnc(CN)c2-c2ccco2)c1. The van der Waals surface area contributed by atoms with E-state index in [9.17, 15) is 0 Å². The summed E-state index contributed by atoms with van der Waals surface area (Å²) in [6.45, 7) is 4.42. The van der Waals surface area contributed by atoms with Gasteiger partial charge in [0.15, 0.2) is 5.76 Å². The molecule has 2 N–H and O–H groups in total. The normalized spacial score (nSPS) is 10.9. The van der Waals surface area contributed by atoms with Gasteiger partial charge in [-0.15, -0.1) is 5.10 Å². The molecule has 0 aliphatic carbocycles. The third-order valence-electron chi connectivity index (χ3n) is 3.28. The molecule has 5 nitrogen and oxygen atoms in total. The molecule has 102 valence electrons. The second-order valence-corrected chi connectivity index (χ2v) is 4.77. The van der Waals surface area contributed by atoms with Crippen molar-refractivity contribution in [3.05, 3.63) is 53.4 Å². The van der Waals surface area contributed by atoms with Gasteiger partial charge in [0.25, 0.3) is 0 Å². The van der Waals surface area contributed by atoms with E-state index in [0.29, 0.717) is 6.54 Å². The van der Waals surface area contributed by atoms with E-state index in [-0.39, 0.29) is 0 Å². The van der Waals surface area contributed by atoms with Gasteiger partial charge in [0.2, 0.25) is 0 Å². The minimum atomic E-state index is 0.320. The van der Waals surface area contributed by atoms with E-state index < -0.39 is 0 Å². The number of aryl methyl sites for hydroxylation is 2. The third kappa shape index (κ3) is 2.02. The highest BCUT2D eigenvalue weighted by molar-refractivity contribution is 5.60. The number of aromatic nitrogens is 3. The molecule has 0 aliphatic rings. The lowest BCUT2D eigenvalue weighted by atomic mass is 10.1. The zero-order valence-corrected chi connectivity index (χ0v) is 11.5. The number of hydrogen-bond donors (Lipinski definition) is 1. The van der Waals surface area contributed by atoms with Crippen molar-refractivity contribution < 1.29 is 4.42 Å². The Hall–Kier alpha value is -2.40. The average molecular weight is 268 g/mol. The van der Waals surface area contributed by atoms with E-state index >= 15 is 0 Å². The Morgan fingerprint density at radius 2 is 2.10 bits per heavy atom. The van der Waals surface area contributed by atoms with E-state index in [0.717, 1.165) is 28.4 Å². The minimum Gasteiger partial charge on any atom is -0.463 e. The van der Waals surface area contributed by atoms with Gasteiger partial charge in [-0.3, -0.25) is 0 Å². The highest BCUT2D eigenvalue weighted by Crippen LogP contribution is 2.27. The van der Waals surface area contributed by atoms with Crippen LogP contribution in [0.1, 0.15) is 16.8 Å².